The van der Waals surface area contributed by atoms with E-state index in [0.29, 0.717) is 11.1 Å². The second-order valence-corrected chi connectivity index (χ2v) is 12.6. The number of nitrogens with zero attached hydrogens (tertiary/aromatic N) is 4. The summed E-state index contributed by atoms with van der Waals surface area (Å²) in [4.78, 5) is 87.9. The van der Waals surface area contributed by atoms with Crippen molar-refractivity contribution in [2.45, 2.75) is 12.1 Å². The highest BCUT2D eigenvalue weighted by Gasteiger charge is 2.46. The summed E-state index contributed by atoms with van der Waals surface area (Å²) in [6.45, 7) is 0.898. The summed E-state index contributed by atoms with van der Waals surface area (Å²) in [5.74, 6) is -3.05. The first-order valence-electron chi connectivity index (χ1n) is 17.1. The Hall–Kier alpha value is -5.98. The van der Waals surface area contributed by atoms with Crippen molar-refractivity contribution in [3.05, 3.63) is 143 Å². The molecule has 3 heterocycles. The summed E-state index contributed by atoms with van der Waals surface area (Å²) in [7, 11) is 0. The van der Waals surface area contributed by atoms with Crippen molar-refractivity contribution < 1.29 is 38.2 Å². The van der Waals surface area contributed by atoms with E-state index in [4.69, 9.17) is 9.47 Å². The Bertz CT molecular complexity index is 1790. The van der Waals surface area contributed by atoms with E-state index in [1.807, 2.05) is 0 Å². The molecule has 3 aliphatic heterocycles. The minimum atomic E-state index is -1.20. The zero-order valence-corrected chi connectivity index (χ0v) is 28.3. The molecule has 0 radical (unpaired) electrons. The van der Waals surface area contributed by atoms with Gasteiger partial charge in [0.2, 0.25) is 0 Å². The first-order valence-corrected chi connectivity index (χ1v) is 17.1. The molecule has 12 nitrogen and oxygen atoms in total. The number of rotatable bonds is 6. The molecule has 7 rings (SSSR count). The summed E-state index contributed by atoms with van der Waals surface area (Å²) in [6.07, 6.45) is 0. The van der Waals surface area contributed by atoms with Crippen LogP contribution in [-0.2, 0) is 19.1 Å². The average molecular weight is 701 g/mol. The van der Waals surface area contributed by atoms with Crippen LogP contribution in [0.15, 0.2) is 109 Å². The Morgan fingerprint density at radius 3 is 0.981 bits per heavy atom. The van der Waals surface area contributed by atoms with Gasteiger partial charge in [0.1, 0.15) is 12.1 Å². The third-order valence-electron chi connectivity index (χ3n) is 9.51. The fourth-order valence-corrected chi connectivity index (χ4v) is 6.87. The van der Waals surface area contributed by atoms with Gasteiger partial charge in [0.25, 0.3) is 35.4 Å². The van der Waals surface area contributed by atoms with Gasteiger partial charge in [0.15, 0.2) is 0 Å². The molecule has 2 atom stereocenters. The zero-order valence-electron chi connectivity index (χ0n) is 28.3. The number of hydrogen-bond acceptors (Lipinski definition) is 8. The van der Waals surface area contributed by atoms with E-state index in [0.717, 1.165) is 9.80 Å². The first-order chi connectivity index (χ1) is 25.4. The van der Waals surface area contributed by atoms with Crippen molar-refractivity contribution in [2.75, 3.05) is 52.6 Å². The van der Waals surface area contributed by atoms with Crippen LogP contribution in [0.4, 0.5) is 0 Å². The van der Waals surface area contributed by atoms with Crippen LogP contribution < -0.4 is 0 Å². The van der Waals surface area contributed by atoms with Gasteiger partial charge < -0.3 is 19.3 Å². The SMILES string of the molecule is O=C([C@@H](c1ccccc1)N1C(=O)c2ccccc2C1=O)N1CCOCCN(C(=O)[C@@H](c2ccccc2)N2C(=O)c3ccccc3C2=O)CCOCC1. The van der Waals surface area contributed by atoms with Gasteiger partial charge in [0.05, 0.1) is 48.7 Å². The number of ether oxygens (including phenoxy) is 2. The van der Waals surface area contributed by atoms with Gasteiger partial charge in [0, 0.05) is 26.2 Å². The highest BCUT2D eigenvalue weighted by Crippen LogP contribution is 2.34. The van der Waals surface area contributed by atoms with Gasteiger partial charge >= 0.3 is 0 Å². The maximum atomic E-state index is 14.3. The normalized spacial score (nSPS) is 18.0. The van der Waals surface area contributed by atoms with E-state index >= 15 is 0 Å². The number of carbonyl (C=O) groups is 6. The van der Waals surface area contributed by atoms with Gasteiger partial charge in [-0.25, -0.2) is 0 Å². The Kier molecular flexibility index (Phi) is 10.0. The van der Waals surface area contributed by atoms with E-state index in [2.05, 4.69) is 0 Å². The van der Waals surface area contributed by atoms with Crippen molar-refractivity contribution in [3.8, 4) is 0 Å². The largest absolute Gasteiger partial charge is 0.378 e. The lowest BCUT2D eigenvalue weighted by molar-refractivity contribution is -0.139. The second-order valence-electron chi connectivity index (χ2n) is 12.6. The fraction of sp³-hybridized carbons (Fsp3) is 0.250. The number of amides is 6. The molecular weight excluding hydrogens is 664 g/mol. The summed E-state index contributed by atoms with van der Waals surface area (Å²) < 4.78 is 11.9. The average Bonchev–Trinajstić information content (AvgIpc) is 3.57. The third-order valence-corrected chi connectivity index (χ3v) is 9.51. The summed E-state index contributed by atoms with van der Waals surface area (Å²) in [5.41, 5.74) is 1.98. The highest BCUT2D eigenvalue weighted by molar-refractivity contribution is 6.23. The lowest BCUT2D eigenvalue weighted by Crippen LogP contribution is -2.49. The van der Waals surface area contributed by atoms with Crippen LogP contribution in [-0.4, -0.2) is 108 Å². The lowest BCUT2D eigenvalue weighted by Gasteiger charge is -2.33. The minimum absolute atomic E-state index is 0.0952. The van der Waals surface area contributed by atoms with Crippen LogP contribution >= 0.6 is 0 Å². The molecule has 52 heavy (non-hydrogen) atoms. The zero-order chi connectivity index (χ0) is 36.2. The van der Waals surface area contributed by atoms with Gasteiger partial charge in [-0.2, -0.15) is 0 Å². The number of carbonyl (C=O) groups excluding carboxylic acids is 6. The molecule has 1 fully saturated rings. The Morgan fingerprint density at radius 1 is 0.423 bits per heavy atom. The Balaban J connectivity index is 1.07. The van der Waals surface area contributed by atoms with Crippen LogP contribution in [0.5, 0.6) is 0 Å². The molecule has 12 heteroatoms. The molecule has 4 aromatic carbocycles. The van der Waals surface area contributed by atoms with Crippen LogP contribution in [0.1, 0.15) is 64.6 Å². The maximum absolute atomic E-state index is 14.3. The lowest BCUT2D eigenvalue weighted by atomic mass is 10.0. The molecule has 264 valence electrons. The second kappa shape index (κ2) is 15.1. The Morgan fingerprint density at radius 2 is 0.692 bits per heavy atom. The molecule has 0 N–H and O–H groups in total. The smallest absolute Gasteiger partial charge is 0.262 e. The first kappa shape index (κ1) is 34.5. The van der Waals surface area contributed by atoms with Crippen molar-refractivity contribution in [3.63, 3.8) is 0 Å². The van der Waals surface area contributed by atoms with E-state index in [1.165, 1.54) is 9.80 Å². The van der Waals surface area contributed by atoms with Crippen molar-refractivity contribution in [2.24, 2.45) is 0 Å². The number of fused-ring (bicyclic) bond motifs is 2. The number of benzene rings is 4. The molecule has 3 aliphatic rings. The monoisotopic (exact) mass is 700 g/mol. The van der Waals surface area contributed by atoms with E-state index in [-0.39, 0.29) is 74.9 Å². The predicted molar refractivity (Wildman–Crippen MR) is 187 cm³/mol. The van der Waals surface area contributed by atoms with Crippen LogP contribution in [0.3, 0.4) is 0 Å². The van der Waals surface area contributed by atoms with Crippen molar-refractivity contribution in [1.82, 2.24) is 19.6 Å². The summed E-state index contributed by atoms with van der Waals surface area (Å²) in [5, 5.41) is 0. The fourth-order valence-electron chi connectivity index (χ4n) is 6.87. The summed E-state index contributed by atoms with van der Waals surface area (Å²) in [6, 6.07) is 28.1. The van der Waals surface area contributed by atoms with Gasteiger partial charge in [-0.05, 0) is 35.4 Å². The van der Waals surface area contributed by atoms with Crippen molar-refractivity contribution in [1.29, 1.82) is 0 Å². The molecular formula is C40H36N4O8. The molecule has 0 saturated carbocycles. The van der Waals surface area contributed by atoms with Gasteiger partial charge in [-0.1, -0.05) is 84.9 Å². The standard InChI is InChI=1S/C40H36N4O8/c45-35-29-15-7-8-16-30(29)36(46)43(35)33(27-11-3-1-4-12-27)39(49)41-19-23-51-25-21-42(22-26-52-24-20-41)40(50)34(28-13-5-2-6-14-28)44-37(47)31-17-9-10-18-32(31)38(44)48/h1-18,33-34H,19-26H2/t33-,34-/m1/s1. The topological polar surface area (TPSA) is 134 Å². The molecule has 0 bridgehead atoms. The number of hydrogen-bond donors (Lipinski definition) is 0. The van der Waals surface area contributed by atoms with Gasteiger partial charge in [-0.15, -0.1) is 0 Å². The molecule has 0 aromatic heterocycles. The van der Waals surface area contributed by atoms with E-state index in [9.17, 15) is 28.8 Å². The van der Waals surface area contributed by atoms with E-state index < -0.39 is 47.5 Å². The third kappa shape index (κ3) is 6.49. The quantitative estimate of drug-likeness (QED) is 0.278. The van der Waals surface area contributed by atoms with Crippen molar-refractivity contribution >= 4 is 35.4 Å². The van der Waals surface area contributed by atoms with E-state index in [1.54, 1.807) is 109 Å². The maximum Gasteiger partial charge on any atom is 0.262 e. The van der Waals surface area contributed by atoms with Crippen LogP contribution in [0, 0.1) is 0 Å². The van der Waals surface area contributed by atoms with Gasteiger partial charge in [-0.3, -0.25) is 38.6 Å². The Labute approximate surface area is 300 Å². The number of imide groups is 2. The predicted octanol–water partition coefficient (Wildman–Crippen LogP) is 3.77. The van der Waals surface area contributed by atoms with Crippen LogP contribution in [0.25, 0.3) is 0 Å². The minimum Gasteiger partial charge on any atom is -0.378 e. The molecule has 0 spiro atoms. The highest BCUT2D eigenvalue weighted by atomic mass is 16.5. The molecule has 0 unspecified atom stereocenters. The molecule has 6 amide bonds. The summed E-state index contributed by atoms with van der Waals surface area (Å²) >= 11 is 0. The molecule has 0 aliphatic carbocycles. The van der Waals surface area contributed by atoms with Crippen LogP contribution in [0.2, 0.25) is 0 Å². The molecule has 4 aromatic rings. The molecule has 1 saturated heterocycles.